The molecule has 0 saturated carbocycles. The second-order valence-corrected chi connectivity index (χ2v) is 14.3. The van der Waals surface area contributed by atoms with Gasteiger partial charge in [0.2, 0.25) is 0 Å². The van der Waals surface area contributed by atoms with Crippen LogP contribution < -0.4 is 4.74 Å². The van der Waals surface area contributed by atoms with E-state index < -0.39 is 5.97 Å². The molecule has 0 radical (unpaired) electrons. The lowest BCUT2D eigenvalue weighted by atomic mass is 9.79. The zero-order valence-electron chi connectivity index (χ0n) is 33.1. The van der Waals surface area contributed by atoms with Gasteiger partial charge in [-0.3, -0.25) is 4.79 Å². The normalized spacial score (nSPS) is 12.4. The summed E-state index contributed by atoms with van der Waals surface area (Å²) in [7, 11) is 0. The van der Waals surface area contributed by atoms with Crippen molar-refractivity contribution in [3.63, 3.8) is 0 Å². The average molecular weight is 649 g/mol. The number of phenols is 1. The molecular formula is C42H80O4. The van der Waals surface area contributed by atoms with Gasteiger partial charge in [0.25, 0.3) is 0 Å². The summed E-state index contributed by atoms with van der Waals surface area (Å²) >= 11 is 0. The third-order valence-corrected chi connectivity index (χ3v) is 8.63. The van der Waals surface area contributed by atoms with Gasteiger partial charge < -0.3 is 14.9 Å². The van der Waals surface area contributed by atoms with Crippen LogP contribution in [0, 0.1) is 17.8 Å². The average Bonchev–Trinajstić information content (AvgIpc) is 3.00. The van der Waals surface area contributed by atoms with Crippen LogP contribution in [0.2, 0.25) is 0 Å². The van der Waals surface area contributed by atoms with Gasteiger partial charge in [-0.2, -0.15) is 0 Å². The first-order valence-corrected chi connectivity index (χ1v) is 19.0. The number of aromatic hydroxyl groups is 1. The van der Waals surface area contributed by atoms with Crippen molar-refractivity contribution >= 4 is 5.97 Å². The SMILES string of the molecule is C=CCC(CCC(C)C)C(C)(C)Oc1cc(O)cc(C(C)(C)CCCCCC)c1.CC.CCCC.CCCCC(CCC)C(=O)O. The zero-order chi connectivity index (χ0) is 36.2. The van der Waals surface area contributed by atoms with Gasteiger partial charge in [0.15, 0.2) is 0 Å². The smallest absolute Gasteiger partial charge is 0.306 e. The Kier molecular flexibility index (Phi) is 30.7. The maximum atomic E-state index is 10.6. The van der Waals surface area contributed by atoms with E-state index >= 15 is 0 Å². The maximum absolute atomic E-state index is 10.6. The molecule has 0 spiro atoms. The summed E-state index contributed by atoms with van der Waals surface area (Å²) in [6.07, 6.45) is 18.8. The first-order chi connectivity index (χ1) is 21.6. The molecule has 0 saturated heterocycles. The Bertz CT molecular complexity index is 853. The molecule has 0 fully saturated rings. The molecule has 2 unspecified atom stereocenters. The number of carboxylic acid groups (broad SMARTS) is 1. The first-order valence-electron chi connectivity index (χ1n) is 19.0. The number of benzene rings is 1. The summed E-state index contributed by atoms with van der Waals surface area (Å²) < 4.78 is 6.50. The van der Waals surface area contributed by atoms with Crippen molar-refractivity contribution in [1.82, 2.24) is 0 Å². The number of hydrogen-bond acceptors (Lipinski definition) is 3. The maximum Gasteiger partial charge on any atom is 0.306 e. The van der Waals surface area contributed by atoms with E-state index in [-0.39, 0.29) is 22.7 Å². The Balaban J connectivity index is -0.000000897. The molecule has 4 nitrogen and oxygen atoms in total. The minimum absolute atomic E-state index is 0.0207. The van der Waals surface area contributed by atoms with Crippen molar-refractivity contribution < 1.29 is 19.7 Å². The van der Waals surface area contributed by atoms with Crippen LogP contribution in [0.15, 0.2) is 30.9 Å². The lowest BCUT2D eigenvalue weighted by Gasteiger charge is -2.36. The summed E-state index contributed by atoms with van der Waals surface area (Å²) in [5, 5.41) is 19.1. The molecule has 4 heteroatoms. The third kappa shape index (κ3) is 24.2. The number of carboxylic acids is 1. The summed E-state index contributed by atoms with van der Waals surface area (Å²) in [5.41, 5.74) is 0.856. The standard InChI is InChI=1S/C27H46O2.C9H18O2.C4H10.C2H6/c1-9-11-12-13-17-26(5,6)23-18-24(28)20-25(19-23)29-27(7,8)22(14-10-2)16-15-21(3)4;1-3-5-7-8(6-4-2)9(10)11;1-3-4-2;1-2/h10,18-22,28H,2,9,11-17H2,1,3-8H3;8H,3-7H2,1-2H3,(H,10,11);3-4H2,1-2H3;1-2H3. The Morgan fingerprint density at radius 2 is 1.39 bits per heavy atom. The lowest BCUT2D eigenvalue weighted by molar-refractivity contribution is -0.142. The molecule has 0 bridgehead atoms. The Labute approximate surface area is 288 Å². The molecule has 46 heavy (non-hydrogen) atoms. The van der Waals surface area contributed by atoms with E-state index in [1.54, 1.807) is 6.07 Å². The first kappa shape index (κ1) is 48.4. The molecule has 1 aromatic carbocycles. The molecule has 2 atom stereocenters. The summed E-state index contributed by atoms with van der Waals surface area (Å²) in [5.74, 6) is 1.41. The number of phenolic OH excluding ortho intramolecular Hbond substituents is 1. The predicted octanol–water partition coefficient (Wildman–Crippen LogP) is 13.9. The third-order valence-electron chi connectivity index (χ3n) is 8.63. The molecule has 0 amide bonds. The highest BCUT2D eigenvalue weighted by Crippen LogP contribution is 2.38. The van der Waals surface area contributed by atoms with Crippen LogP contribution in [-0.4, -0.2) is 21.8 Å². The summed E-state index contributed by atoms with van der Waals surface area (Å²) in [6.45, 7) is 32.1. The van der Waals surface area contributed by atoms with Crippen molar-refractivity contribution in [2.24, 2.45) is 17.8 Å². The van der Waals surface area contributed by atoms with Crippen LogP contribution in [0.1, 0.15) is 192 Å². The molecule has 2 N–H and O–H groups in total. The largest absolute Gasteiger partial charge is 0.508 e. The highest BCUT2D eigenvalue weighted by atomic mass is 16.5. The number of allylic oxidation sites excluding steroid dienone is 1. The fourth-order valence-corrected chi connectivity index (χ4v) is 5.23. The molecule has 0 aliphatic heterocycles. The molecule has 0 aromatic heterocycles. The van der Waals surface area contributed by atoms with Crippen molar-refractivity contribution in [3.8, 4) is 11.5 Å². The van der Waals surface area contributed by atoms with Crippen LogP contribution in [0.4, 0.5) is 0 Å². The minimum atomic E-state index is -0.625. The molecule has 272 valence electrons. The Morgan fingerprint density at radius 3 is 1.85 bits per heavy atom. The van der Waals surface area contributed by atoms with Crippen LogP contribution in [0.5, 0.6) is 11.5 Å². The number of hydrogen-bond donors (Lipinski definition) is 2. The van der Waals surface area contributed by atoms with E-state index in [2.05, 4.69) is 81.9 Å². The van der Waals surface area contributed by atoms with Crippen molar-refractivity contribution in [2.45, 2.75) is 197 Å². The highest BCUT2D eigenvalue weighted by Gasteiger charge is 2.31. The van der Waals surface area contributed by atoms with E-state index in [0.717, 1.165) is 62.7 Å². The van der Waals surface area contributed by atoms with Gasteiger partial charge in [0.1, 0.15) is 17.1 Å². The number of rotatable bonds is 21. The van der Waals surface area contributed by atoms with E-state index in [4.69, 9.17) is 9.84 Å². The van der Waals surface area contributed by atoms with Gasteiger partial charge in [0.05, 0.1) is 5.92 Å². The van der Waals surface area contributed by atoms with Crippen LogP contribution >= 0.6 is 0 Å². The number of aliphatic carboxylic acids is 1. The van der Waals surface area contributed by atoms with Crippen molar-refractivity contribution in [2.75, 3.05) is 0 Å². The zero-order valence-corrected chi connectivity index (χ0v) is 33.1. The second-order valence-electron chi connectivity index (χ2n) is 14.3. The van der Waals surface area contributed by atoms with Crippen LogP contribution in [-0.2, 0) is 10.2 Å². The minimum Gasteiger partial charge on any atom is -0.508 e. The summed E-state index contributed by atoms with van der Waals surface area (Å²) in [4.78, 5) is 10.6. The van der Waals surface area contributed by atoms with E-state index in [1.165, 1.54) is 44.9 Å². The van der Waals surface area contributed by atoms with Gasteiger partial charge in [-0.05, 0) is 75.0 Å². The monoisotopic (exact) mass is 649 g/mol. The quantitative estimate of drug-likeness (QED) is 0.103. The second kappa shape index (κ2) is 29.2. The Morgan fingerprint density at radius 1 is 0.804 bits per heavy atom. The number of carbonyl (C=O) groups is 1. The van der Waals surface area contributed by atoms with Gasteiger partial charge in [-0.1, -0.05) is 146 Å². The van der Waals surface area contributed by atoms with Crippen molar-refractivity contribution in [3.05, 3.63) is 36.4 Å². The van der Waals surface area contributed by atoms with E-state index in [1.807, 2.05) is 32.9 Å². The number of unbranched alkanes of at least 4 members (excludes halogenated alkanes) is 5. The topological polar surface area (TPSA) is 66.8 Å². The molecule has 1 aromatic rings. The fourth-order valence-electron chi connectivity index (χ4n) is 5.23. The molecule has 0 aliphatic carbocycles. The lowest BCUT2D eigenvalue weighted by Crippen LogP contribution is -2.37. The van der Waals surface area contributed by atoms with E-state index in [9.17, 15) is 9.90 Å². The molecular weight excluding hydrogens is 568 g/mol. The van der Waals surface area contributed by atoms with Gasteiger partial charge in [-0.15, -0.1) is 6.58 Å². The fraction of sp³-hybridized carbons (Fsp3) is 0.786. The number of ether oxygens (including phenoxy) is 1. The highest BCUT2D eigenvalue weighted by molar-refractivity contribution is 5.69. The van der Waals surface area contributed by atoms with Gasteiger partial charge >= 0.3 is 5.97 Å². The molecule has 0 aliphatic rings. The van der Waals surface area contributed by atoms with Crippen LogP contribution in [0.25, 0.3) is 0 Å². The Hall–Kier alpha value is -1.97. The molecule has 1 rings (SSSR count). The predicted molar refractivity (Wildman–Crippen MR) is 204 cm³/mol. The van der Waals surface area contributed by atoms with Gasteiger partial charge in [-0.25, -0.2) is 0 Å². The molecule has 0 heterocycles. The van der Waals surface area contributed by atoms with Gasteiger partial charge in [0, 0.05) is 12.0 Å². The summed E-state index contributed by atoms with van der Waals surface area (Å²) in [6, 6.07) is 5.79. The van der Waals surface area contributed by atoms with Crippen LogP contribution in [0.3, 0.4) is 0 Å². The van der Waals surface area contributed by atoms with E-state index in [0.29, 0.717) is 11.8 Å². The van der Waals surface area contributed by atoms with Crippen molar-refractivity contribution in [1.29, 1.82) is 0 Å².